The normalized spacial score (nSPS) is 22.8. The van der Waals surface area contributed by atoms with Crippen molar-refractivity contribution in [3.05, 3.63) is 11.4 Å². The molecule has 0 spiro atoms. The Kier molecular flexibility index (Phi) is 0.968. The van der Waals surface area contributed by atoms with E-state index in [9.17, 15) is 8.78 Å². The number of hydrogen-bond acceptors (Lipinski definition) is 0. The topological polar surface area (TPSA) is 4.36 Å². The molecule has 0 unspecified atom stereocenters. The Morgan fingerprint density at radius 2 is 2.00 bits per heavy atom. The number of nitrogens with zero attached hydrogens (tertiary/aromatic N) is 1. The van der Waals surface area contributed by atoms with Crippen molar-refractivity contribution >= 4 is 0 Å². The van der Waals surface area contributed by atoms with Crippen molar-refractivity contribution in [1.29, 1.82) is 0 Å². The van der Waals surface area contributed by atoms with Crippen LogP contribution in [0.25, 0.3) is 4.85 Å². The Bertz CT molecular complexity index is 132. The highest BCUT2D eigenvalue weighted by molar-refractivity contribution is 5.13. The first-order valence-electron chi connectivity index (χ1n) is 2.38. The SMILES string of the molecule is [C-]#[N+]C1(C(F)F)CC1. The Labute approximate surface area is 46.1 Å². The molecule has 0 atom stereocenters. The van der Waals surface area contributed by atoms with Gasteiger partial charge in [-0.1, -0.05) is 0 Å². The first-order valence-corrected chi connectivity index (χ1v) is 2.38. The maximum absolute atomic E-state index is 11.7. The van der Waals surface area contributed by atoms with E-state index in [0.717, 1.165) is 0 Å². The summed E-state index contributed by atoms with van der Waals surface area (Å²) in [6.07, 6.45) is -1.66. The molecule has 1 fully saturated rings. The van der Waals surface area contributed by atoms with Gasteiger partial charge in [-0.2, -0.15) is 0 Å². The average molecular weight is 117 g/mol. The fraction of sp³-hybridized carbons (Fsp3) is 0.800. The summed E-state index contributed by atoms with van der Waals surface area (Å²) in [5.41, 5.74) is -1.25. The molecule has 0 saturated heterocycles. The zero-order valence-corrected chi connectivity index (χ0v) is 4.19. The summed E-state index contributed by atoms with van der Waals surface area (Å²) < 4.78 is 23.3. The van der Waals surface area contributed by atoms with E-state index in [0.29, 0.717) is 12.8 Å². The van der Waals surface area contributed by atoms with Gasteiger partial charge >= 0.3 is 6.43 Å². The third kappa shape index (κ3) is 0.568. The summed E-state index contributed by atoms with van der Waals surface area (Å²) in [5.74, 6) is 0. The summed E-state index contributed by atoms with van der Waals surface area (Å²) in [7, 11) is 0. The Morgan fingerprint density at radius 1 is 1.50 bits per heavy atom. The highest BCUT2D eigenvalue weighted by Gasteiger charge is 2.59. The molecule has 1 saturated carbocycles. The average Bonchev–Trinajstić information content (AvgIpc) is 2.44. The largest absolute Gasteiger partial charge is 0.314 e. The Balaban J connectivity index is 2.57. The van der Waals surface area contributed by atoms with Crippen molar-refractivity contribution in [3.8, 4) is 0 Å². The van der Waals surface area contributed by atoms with Crippen molar-refractivity contribution < 1.29 is 8.78 Å². The molecule has 0 amide bonds. The van der Waals surface area contributed by atoms with E-state index in [-0.39, 0.29) is 0 Å². The van der Waals surface area contributed by atoms with Gasteiger partial charge in [0.2, 0.25) is 0 Å². The van der Waals surface area contributed by atoms with Crippen LogP contribution in [0.4, 0.5) is 8.78 Å². The summed E-state index contributed by atoms with van der Waals surface area (Å²) in [6.45, 7) is 6.34. The summed E-state index contributed by atoms with van der Waals surface area (Å²) in [5, 5.41) is 0. The molecular weight excluding hydrogens is 112 g/mol. The van der Waals surface area contributed by atoms with E-state index in [1.165, 1.54) is 0 Å². The lowest BCUT2D eigenvalue weighted by Gasteiger charge is -1.95. The molecule has 1 rings (SSSR count). The molecule has 3 heteroatoms. The lowest BCUT2D eigenvalue weighted by atomic mass is 10.3. The van der Waals surface area contributed by atoms with Crippen LogP contribution in [0.3, 0.4) is 0 Å². The molecule has 8 heavy (non-hydrogen) atoms. The fourth-order valence-corrected chi connectivity index (χ4v) is 0.507. The van der Waals surface area contributed by atoms with Crippen LogP contribution in [0.15, 0.2) is 0 Å². The fourth-order valence-electron chi connectivity index (χ4n) is 0.507. The molecule has 1 aliphatic rings. The van der Waals surface area contributed by atoms with Crippen LogP contribution in [0, 0.1) is 6.57 Å². The molecule has 1 nitrogen and oxygen atoms in total. The minimum Gasteiger partial charge on any atom is -0.304 e. The van der Waals surface area contributed by atoms with Crippen LogP contribution >= 0.6 is 0 Å². The standard InChI is InChI=1S/C5H5F2N/c1-8-5(2-3-5)4(6)7/h4H,2-3H2. The van der Waals surface area contributed by atoms with Gasteiger partial charge in [0.05, 0.1) is 0 Å². The number of halogens is 2. The van der Waals surface area contributed by atoms with Gasteiger partial charge in [-0.25, -0.2) is 15.4 Å². The lowest BCUT2D eigenvalue weighted by molar-refractivity contribution is 0.121. The van der Waals surface area contributed by atoms with Crippen LogP contribution in [0.1, 0.15) is 12.8 Å². The molecule has 0 N–H and O–H groups in total. The molecular formula is C5H5F2N. The van der Waals surface area contributed by atoms with Gasteiger partial charge in [0.15, 0.2) is 0 Å². The zero-order chi connectivity index (χ0) is 6.20. The van der Waals surface area contributed by atoms with E-state index in [4.69, 9.17) is 6.57 Å². The highest BCUT2D eigenvalue weighted by Crippen LogP contribution is 2.44. The Hall–Kier alpha value is -0.650. The van der Waals surface area contributed by atoms with E-state index in [2.05, 4.69) is 4.85 Å². The second-order valence-electron chi connectivity index (χ2n) is 2.02. The molecule has 1 aliphatic carbocycles. The molecule has 0 heterocycles. The predicted octanol–water partition coefficient (Wildman–Crippen LogP) is 1.70. The number of hydrogen-bond donors (Lipinski definition) is 0. The monoisotopic (exact) mass is 117 g/mol. The molecule has 0 aromatic carbocycles. The van der Waals surface area contributed by atoms with Gasteiger partial charge in [-0.15, -0.1) is 0 Å². The second kappa shape index (κ2) is 1.41. The van der Waals surface area contributed by atoms with Crippen molar-refractivity contribution in [2.75, 3.05) is 0 Å². The third-order valence-electron chi connectivity index (χ3n) is 1.39. The minimum absolute atomic E-state index is 0.383. The molecule has 0 aromatic rings. The van der Waals surface area contributed by atoms with Crippen LogP contribution in [-0.4, -0.2) is 12.0 Å². The van der Waals surface area contributed by atoms with E-state index < -0.39 is 12.0 Å². The van der Waals surface area contributed by atoms with E-state index >= 15 is 0 Å². The van der Waals surface area contributed by atoms with Gasteiger partial charge < -0.3 is 4.85 Å². The zero-order valence-electron chi connectivity index (χ0n) is 4.19. The van der Waals surface area contributed by atoms with Crippen LogP contribution in [0.5, 0.6) is 0 Å². The number of alkyl halides is 2. The summed E-state index contributed by atoms with van der Waals surface area (Å²) in [6, 6.07) is 0. The molecule has 0 bridgehead atoms. The predicted molar refractivity (Wildman–Crippen MR) is 24.6 cm³/mol. The summed E-state index contributed by atoms with van der Waals surface area (Å²) >= 11 is 0. The van der Waals surface area contributed by atoms with Crippen LogP contribution < -0.4 is 0 Å². The highest BCUT2D eigenvalue weighted by atomic mass is 19.3. The Morgan fingerprint density at radius 3 is 2.00 bits per heavy atom. The minimum atomic E-state index is -2.43. The molecule has 0 aliphatic heterocycles. The van der Waals surface area contributed by atoms with E-state index in [1.807, 2.05) is 0 Å². The lowest BCUT2D eigenvalue weighted by Crippen LogP contribution is -2.13. The smallest absolute Gasteiger partial charge is 0.304 e. The maximum atomic E-state index is 11.7. The number of rotatable bonds is 1. The van der Waals surface area contributed by atoms with Crippen LogP contribution in [-0.2, 0) is 0 Å². The third-order valence-corrected chi connectivity index (χ3v) is 1.39. The maximum Gasteiger partial charge on any atom is 0.314 e. The second-order valence-corrected chi connectivity index (χ2v) is 2.02. The molecule has 0 radical (unpaired) electrons. The van der Waals surface area contributed by atoms with Gasteiger partial charge in [0.25, 0.3) is 5.54 Å². The van der Waals surface area contributed by atoms with Crippen molar-refractivity contribution in [1.82, 2.24) is 0 Å². The van der Waals surface area contributed by atoms with Gasteiger partial charge in [0.1, 0.15) is 0 Å². The quantitative estimate of drug-likeness (QED) is 0.460. The molecule has 44 valence electrons. The van der Waals surface area contributed by atoms with Crippen LogP contribution in [0.2, 0.25) is 0 Å². The van der Waals surface area contributed by atoms with Gasteiger partial charge in [0, 0.05) is 12.8 Å². The van der Waals surface area contributed by atoms with Crippen molar-refractivity contribution in [2.45, 2.75) is 24.8 Å². The van der Waals surface area contributed by atoms with Crippen molar-refractivity contribution in [2.24, 2.45) is 0 Å². The summed E-state index contributed by atoms with van der Waals surface area (Å²) in [4.78, 5) is 2.83. The van der Waals surface area contributed by atoms with Crippen molar-refractivity contribution in [3.63, 3.8) is 0 Å². The van der Waals surface area contributed by atoms with E-state index in [1.54, 1.807) is 0 Å². The first-order chi connectivity index (χ1) is 3.71. The van der Waals surface area contributed by atoms with Gasteiger partial charge in [-0.3, -0.25) is 0 Å². The molecule has 0 aromatic heterocycles. The first kappa shape index (κ1) is 5.49. The van der Waals surface area contributed by atoms with Gasteiger partial charge in [-0.05, 0) is 0 Å².